The van der Waals surface area contributed by atoms with E-state index >= 15 is 0 Å². The maximum absolute atomic E-state index is 13.2. The standard InChI is InChI=1S/C25H27ClFN5O2/c26-20-5-1-3-18(15-20)24-28-23(34-29-24)17-30-10-2-4-19(16-30)25(33)32-13-11-31(12-14-32)22-8-6-21(27)7-9-22/h1,3,5-9,15,19H,2,4,10-14,16-17H2. The minimum atomic E-state index is -0.236. The maximum Gasteiger partial charge on any atom is 0.241 e. The highest BCUT2D eigenvalue weighted by molar-refractivity contribution is 6.30. The number of aromatic nitrogens is 2. The van der Waals surface area contributed by atoms with Crippen LogP contribution in [0.25, 0.3) is 11.4 Å². The number of piperidine rings is 1. The SMILES string of the molecule is O=C(C1CCCN(Cc2nc(-c3cccc(Cl)c3)no2)C1)N1CCN(c2ccc(F)cc2)CC1. The fraction of sp³-hybridized carbons (Fsp3) is 0.400. The van der Waals surface area contributed by atoms with Crippen molar-refractivity contribution in [3.63, 3.8) is 0 Å². The minimum Gasteiger partial charge on any atom is -0.368 e. The van der Waals surface area contributed by atoms with Crippen LogP contribution in [0.1, 0.15) is 18.7 Å². The Morgan fingerprint density at radius 2 is 1.88 bits per heavy atom. The van der Waals surface area contributed by atoms with E-state index in [0.717, 1.165) is 43.7 Å². The third kappa shape index (κ3) is 5.23. The van der Waals surface area contributed by atoms with Crippen molar-refractivity contribution < 1.29 is 13.7 Å². The van der Waals surface area contributed by atoms with E-state index in [1.165, 1.54) is 12.1 Å². The van der Waals surface area contributed by atoms with Crippen molar-refractivity contribution >= 4 is 23.2 Å². The fourth-order valence-electron chi connectivity index (χ4n) is 4.75. The van der Waals surface area contributed by atoms with Gasteiger partial charge in [0.2, 0.25) is 17.6 Å². The van der Waals surface area contributed by atoms with Crippen molar-refractivity contribution in [2.24, 2.45) is 5.92 Å². The predicted octanol–water partition coefficient (Wildman–Crippen LogP) is 4.09. The number of nitrogens with zero attached hydrogens (tertiary/aromatic N) is 5. The Bertz CT molecular complexity index is 1130. The van der Waals surface area contributed by atoms with E-state index < -0.39 is 0 Å². The van der Waals surface area contributed by atoms with Gasteiger partial charge in [-0.05, 0) is 55.8 Å². The van der Waals surface area contributed by atoms with Gasteiger partial charge < -0.3 is 14.3 Å². The number of piperazine rings is 1. The van der Waals surface area contributed by atoms with Crippen LogP contribution in [0, 0.1) is 11.7 Å². The van der Waals surface area contributed by atoms with Crippen molar-refractivity contribution in [1.82, 2.24) is 19.9 Å². The smallest absolute Gasteiger partial charge is 0.241 e. The predicted molar refractivity (Wildman–Crippen MR) is 128 cm³/mol. The highest BCUT2D eigenvalue weighted by Crippen LogP contribution is 2.24. The van der Waals surface area contributed by atoms with Crippen molar-refractivity contribution in [1.29, 1.82) is 0 Å². The molecule has 1 atom stereocenters. The number of carbonyl (C=O) groups excluding carboxylic acids is 1. The van der Waals surface area contributed by atoms with Gasteiger partial charge in [-0.15, -0.1) is 0 Å². The van der Waals surface area contributed by atoms with Gasteiger partial charge in [-0.1, -0.05) is 28.9 Å². The summed E-state index contributed by atoms with van der Waals surface area (Å²) >= 11 is 6.07. The summed E-state index contributed by atoms with van der Waals surface area (Å²) < 4.78 is 18.7. The second-order valence-electron chi connectivity index (χ2n) is 8.89. The lowest BCUT2D eigenvalue weighted by Crippen LogP contribution is -2.52. The molecular weight excluding hydrogens is 457 g/mol. The lowest BCUT2D eigenvalue weighted by Gasteiger charge is -2.39. The number of rotatable bonds is 5. The van der Waals surface area contributed by atoms with E-state index in [1.807, 2.05) is 23.1 Å². The summed E-state index contributed by atoms with van der Waals surface area (Å²) in [5.41, 5.74) is 1.81. The van der Waals surface area contributed by atoms with E-state index in [-0.39, 0.29) is 17.6 Å². The average Bonchev–Trinajstić information content (AvgIpc) is 3.33. The van der Waals surface area contributed by atoms with Crippen LogP contribution in [-0.2, 0) is 11.3 Å². The van der Waals surface area contributed by atoms with Gasteiger partial charge in [0, 0.05) is 49.0 Å². The number of amides is 1. The zero-order chi connectivity index (χ0) is 23.5. The maximum atomic E-state index is 13.2. The van der Waals surface area contributed by atoms with Crippen LogP contribution >= 0.6 is 11.6 Å². The quantitative estimate of drug-likeness (QED) is 0.544. The van der Waals surface area contributed by atoms with Gasteiger partial charge in [-0.3, -0.25) is 9.69 Å². The molecule has 5 rings (SSSR count). The summed E-state index contributed by atoms with van der Waals surface area (Å²) in [5.74, 6) is 1.01. The van der Waals surface area contributed by atoms with Gasteiger partial charge in [0.15, 0.2) is 0 Å². The van der Waals surface area contributed by atoms with Crippen molar-refractivity contribution in [3.05, 3.63) is 65.3 Å². The number of halogens is 2. The molecule has 0 aliphatic carbocycles. The van der Waals surface area contributed by atoms with E-state index in [4.69, 9.17) is 16.1 Å². The lowest BCUT2D eigenvalue weighted by molar-refractivity contribution is -0.137. The van der Waals surface area contributed by atoms with E-state index in [0.29, 0.717) is 42.9 Å². The number of likely N-dealkylation sites (tertiary alicyclic amines) is 1. The van der Waals surface area contributed by atoms with Crippen LogP contribution in [0.5, 0.6) is 0 Å². The highest BCUT2D eigenvalue weighted by atomic mass is 35.5. The van der Waals surface area contributed by atoms with Crippen molar-refractivity contribution in [2.75, 3.05) is 44.2 Å². The topological polar surface area (TPSA) is 65.7 Å². The largest absolute Gasteiger partial charge is 0.368 e. The molecule has 0 bridgehead atoms. The molecule has 0 saturated carbocycles. The molecule has 2 aliphatic rings. The molecule has 2 saturated heterocycles. The third-order valence-electron chi connectivity index (χ3n) is 6.55. The molecule has 2 fully saturated rings. The molecule has 0 N–H and O–H groups in total. The first-order valence-corrected chi connectivity index (χ1v) is 12.0. The molecule has 3 heterocycles. The van der Waals surface area contributed by atoms with Gasteiger partial charge in [0.05, 0.1) is 12.5 Å². The van der Waals surface area contributed by atoms with E-state index in [2.05, 4.69) is 19.9 Å². The van der Waals surface area contributed by atoms with E-state index in [1.54, 1.807) is 18.2 Å². The lowest BCUT2D eigenvalue weighted by atomic mass is 9.96. The van der Waals surface area contributed by atoms with Gasteiger partial charge in [-0.2, -0.15) is 4.98 Å². The summed E-state index contributed by atoms with van der Waals surface area (Å²) in [6.07, 6.45) is 1.85. The molecule has 7 nitrogen and oxygen atoms in total. The van der Waals surface area contributed by atoms with Crippen molar-refractivity contribution in [2.45, 2.75) is 19.4 Å². The Hall–Kier alpha value is -2.97. The fourth-order valence-corrected chi connectivity index (χ4v) is 4.94. The molecule has 1 unspecified atom stereocenters. The molecule has 0 spiro atoms. The number of benzene rings is 2. The van der Waals surface area contributed by atoms with Crippen LogP contribution in [0.15, 0.2) is 53.1 Å². The number of hydrogen-bond acceptors (Lipinski definition) is 6. The Kier molecular flexibility index (Phi) is 6.78. The third-order valence-corrected chi connectivity index (χ3v) is 6.78. The molecule has 3 aromatic rings. The van der Waals surface area contributed by atoms with Crippen LogP contribution in [-0.4, -0.2) is 65.1 Å². The summed E-state index contributed by atoms with van der Waals surface area (Å²) in [6.45, 7) is 4.97. The summed E-state index contributed by atoms with van der Waals surface area (Å²) in [5, 5.41) is 4.71. The first-order valence-electron chi connectivity index (χ1n) is 11.7. The second-order valence-corrected chi connectivity index (χ2v) is 9.32. The average molecular weight is 484 g/mol. The molecule has 1 aromatic heterocycles. The molecular formula is C25H27ClFN5O2. The molecule has 0 radical (unpaired) electrons. The van der Waals surface area contributed by atoms with Gasteiger partial charge >= 0.3 is 0 Å². The molecule has 2 aromatic carbocycles. The second kappa shape index (κ2) is 10.1. The molecule has 9 heteroatoms. The number of anilines is 1. The highest BCUT2D eigenvalue weighted by Gasteiger charge is 2.31. The van der Waals surface area contributed by atoms with E-state index in [9.17, 15) is 9.18 Å². The zero-order valence-corrected chi connectivity index (χ0v) is 19.6. The molecule has 2 aliphatic heterocycles. The Morgan fingerprint density at radius 1 is 1.09 bits per heavy atom. The molecule has 1 amide bonds. The number of hydrogen-bond donors (Lipinski definition) is 0. The molecule has 34 heavy (non-hydrogen) atoms. The van der Waals surface area contributed by atoms with Gasteiger partial charge in [0.25, 0.3) is 0 Å². The van der Waals surface area contributed by atoms with Crippen molar-refractivity contribution in [3.8, 4) is 11.4 Å². The first-order chi connectivity index (χ1) is 16.5. The van der Waals surface area contributed by atoms with Crippen LogP contribution in [0.2, 0.25) is 5.02 Å². The zero-order valence-electron chi connectivity index (χ0n) is 18.9. The normalized spacial score (nSPS) is 19.4. The molecule has 178 valence electrons. The van der Waals surface area contributed by atoms with Crippen LogP contribution in [0.4, 0.5) is 10.1 Å². The first kappa shape index (κ1) is 22.8. The van der Waals surface area contributed by atoms with Crippen LogP contribution in [0.3, 0.4) is 0 Å². The Morgan fingerprint density at radius 3 is 2.65 bits per heavy atom. The van der Waals surface area contributed by atoms with Gasteiger partial charge in [0.1, 0.15) is 5.82 Å². The van der Waals surface area contributed by atoms with Crippen LogP contribution < -0.4 is 4.90 Å². The minimum absolute atomic E-state index is 0.0264. The summed E-state index contributed by atoms with van der Waals surface area (Å²) in [4.78, 5) is 24.1. The Labute approximate surface area is 203 Å². The monoisotopic (exact) mass is 483 g/mol. The number of carbonyl (C=O) groups is 1. The summed E-state index contributed by atoms with van der Waals surface area (Å²) in [7, 11) is 0. The summed E-state index contributed by atoms with van der Waals surface area (Å²) in [6, 6.07) is 13.9. The Balaban J connectivity index is 1.15. The van der Waals surface area contributed by atoms with Gasteiger partial charge in [-0.25, -0.2) is 4.39 Å².